The number of benzene rings is 2. The molecular weight excluding hydrogens is 336 g/mol. The predicted molar refractivity (Wildman–Crippen MR) is 111 cm³/mol. The highest BCUT2D eigenvalue weighted by Crippen LogP contribution is 2.37. The minimum atomic E-state index is -2.44. The summed E-state index contributed by atoms with van der Waals surface area (Å²) in [5, 5.41) is 2.66. The largest absolute Gasteiger partial charge is 0.407 e. The van der Waals surface area contributed by atoms with Crippen LogP contribution in [-0.2, 0) is 9.22 Å². The molecule has 0 aromatic heterocycles. The Bertz CT molecular complexity index is 669. The first-order chi connectivity index (χ1) is 12.4. The number of rotatable bonds is 5. The Hall–Kier alpha value is -1.71. The van der Waals surface area contributed by atoms with E-state index >= 15 is 0 Å². The minimum Gasteiger partial charge on any atom is -0.407 e. The highest BCUT2D eigenvalue weighted by molar-refractivity contribution is 6.99. The smallest absolute Gasteiger partial charge is 0.261 e. The van der Waals surface area contributed by atoms with Crippen molar-refractivity contribution in [2.24, 2.45) is 5.92 Å². The van der Waals surface area contributed by atoms with E-state index in [9.17, 15) is 4.79 Å². The van der Waals surface area contributed by atoms with Crippen molar-refractivity contribution >= 4 is 24.5 Å². The molecule has 1 saturated carbocycles. The average molecular weight is 367 g/mol. The van der Waals surface area contributed by atoms with E-state index in [1.165, 1.54) is 10.4 Å². The molecule has 0 aliphatic heterocycles. The van der Waals surface area contributed by atoms with E-state index in [2.05, 4.69) is 81.4 Å². The van der Waals surface area contributed by atoms with Crippen LogP contribution in [0.2, 0.25) is 5.04 Å². The van der Waals surface area contributed by atoms with Gasteiger partial charge in [0.2, 0.25) is 0 Å². The molecule has 2 aromatic rings. The summed E-state index contributed by atoms with van der Waals surface area (Å²) in [6.07, 6.45) is 3.37. The molecule has 2 nitrogen and oxygen atoms in total. The Labute approximate surface area is 158 Å². The molecule has 138 valence electrons. The Morgan fingerprint density at radius 2 is 1.35 bits per heavy atom. The number of carbonyl (C=O) groups excluding carboxylic acids is 1. The van der Waals surface area contributed by atoms with Crippen LogP contribution in [0, 0.1) is 5.92 Å². The van der Waals surface area contributed by atoms with Crippen molar-refractivity contribution in [1.82, 2.24) is 0 Å². The highest BCUT2D eigenvalue weighted by atomic mass is 28.4. The van der Waals surface area contributed by atoms with Crippen molar-refractivity contribution in [3.63, 3.8) is 0 Å². The van der Waals surface area contributed by atoms with Gasteiger partial charge in [-0.2, -0.15) is 0 Å². The van der Waals surface area contributed by atoms with Gasteiger partial charge in [-0.15, -0.1) is 0 Å². The van der Waals surface area contributed by atoms with Gasteiger partial charge in [-0.3, -0.25) is 4.79 Å². The normalized spacial score (nSPS) is 16.7. The van der Waals surface area contributed by atoms with Gasteiger partial charge >= 0.3 is 0 Å². The summed E-state index contributed by atoms with van der Waals surface area (Å²) in [5.74, 6) is 0.904. The van der Waals surface area contributed by atoms with E-state index in [0.717, 1.165) is 32.3 Å². The van der Waals surface area contributed by atoms with E-state index in [0.29, 0.717) is 11.7 Å². The summed E-state index contributed by atoms with van der Waals surface area (Å²) in [7, 11) is -2.44. The molecule has 26 heavy (non-hydrogen) atoms. The van der Waals surface area contributed by atoms with Gasteiger partial charge in [0.25, 0.3) is 8.32 Å². The van der Waals surface area contributed by atoms with E-state index in [1.807, 2.05) is 0 Å². The summed E-state index contributed by atoms with van der Waals surface area (Å²) in [6, 6.07) is 21.5. The molecular formula is C23H30O2Si. The highest BCUT2D eigenvalue weighted by Gasteiger charge is 2.50. The molecule has 0 bridgehead atoms. The van der Waals surface area contributed by atoms with Crippen molar-refractivity contribution in [2.45, 2.75) is 51.5 Å². The summed E-state index contributed by atoms with van der Waals surface area (Å²) in [4.78, 5) is 11.6. The second-order valence-electron chi connectivity index (χ2n) is 8.46. The lowest BCUT2D eigenvalue weighted by molar-refractivity contribution is -0.121. The molecule has 0 N–H and O–H groups in total. The standard InChI is InChI=1S/C23H30O2Si/c1-23(2,3)26(21-10-6-4-7-11-21,22-12-8-5-9-13-22)25-18-19-14-16-20(24)17-15-19/h4-13,19H,14-18H2,1-3H3. The van der Waals surface area contributed by atoms with Gasteiger partial charge in [0.15, 0.2) is 0 Å². The lowest BCUT2D eigenvalue weighted by atomic mass is 9.89. The number of Topliss-reactive ketones (excluding diaryl/α,β-unsaturated/α-hetero) is 1. The molecule has 0 heterocycles. The van der Waals surface area contributed by atoms with E-state index in [1.54, 1.807) is 0 Å². The van der Waals surface area contributed by atoms with Crippen LogP contribution in [0.15, 0.2) is 60.7 Å². The molecule has 0 unspecified atom stereocenters. The number of carbonyl (C=O) groups is 1. The third kappa shape index (κ3) is 3.84. The molecule has 0 spiro atoms. The van der Waals surface area contributed by atoms with Crippen molar-refractivity contribution in [3.8, 4) is 0 Å². The van der Waals surface area contributed by atoms with Gasteiger partial charge in [-0.1, -0.05) is 81.4 Å². The van der Waals surface area contributed by atoms with Crippen LogP contribution in [0.5, 0.6) is 0 Å². The van der Waals surface area contributed by atoms with E-state index in [4.69, 9.17) is 4.43 Å². The van der Waals surface area contributed by atoms with Gasteiger partial charge in [0.1, 0.15) is 5.78 Å². The Balaban J connectivity index is 1.99. The first-order valence-corrected chi connectivity index (χ1v) is 11.6. The van der Waals surface area contributed by atoms with Crippen LogP contribution in [0.4, 0.5) is 0 Å². The lowest BCUT2D eigenvalue weighted by Gasteiger charge is -2.44. The first kappa shape index (κ1) is 19.1. The van der Waals surface area contributed by atoms with Gasteiger partial charge in [0.05, 0.1) is 0 Å². The van der Waals surface area contributed by atoms with Gasteiger partial charge < -0.3 is 4.43 Å². The quantitative estimate of drug-likeness (QED) is 0.737. The zero-order valence-electron chi connectivity index (χ0n) is 16.2. The number of ketones is 1. The third-order valence-corrected chi connectivity index (χ3v) is 10.6. The Morgan fingerprint density at radius 3 is 1.77 bits per heavy atom. The maximum Gasteiger partial charge on any atom is 0.261 e. The van der Waals surface area contributed by atoms with Crippen LogP contribution in [0.3, 0.4) is 0 Å². The Kier molecular flexibility index (Phi) is 5.78. The maximum atomic E-state index is 11.6. The molecule has 3 heteroatoms. The molecule has 1 aliphatic carbocycles. The van der Waals surface area contributed by atoms with Gasteiger partial charge in [-0.05, 0) is 34.2 Å². The third-order valence-electron chi connectivity index (χ3n) is 5.62. The molecule has 0 atom stereocenters. The van der Waals surface area contributed by atoms with Crippen LogP contribution in [0.1, 0.15) is 46.5 Å². The summed E-state index contributed by atoms with van der Waals surface area (Å²) in [6.45, 7) is 7.68. The molecule has 0 radical (unpaired) electrons. The first-order valence-electron chi connectivity index (χ1n) is 9.70. The number of hydrogen-bond donors (Lipinski definition) is 0. The zero-order chi connectivity index (χ0) is 18.6. The summed E-state index contributed by atoms with van der Waals surface area (Å²) in [5.41, 5.74) is 0. The van der Waals surface area contributed by atoms with Crippen molar-refractivity contribution in [2.75, 3.05) is 6.61 Å². The molecule has 1 fully saturated rings. The fraction of sp³-hybridized carbons (Fsp3) is 0.435. The minimum absolute atomic E-state index is 0.0141. The Morgan fingerprint density at radius 1 is 0.885 bits per heavy atom. The van der Waals surface area contributed by atoms with Crippen LogP contribution >= 0.6 is 0 Å². The monoisotopic (exact) mass is 366 g/mol. The fourth-order valence-electron chi connectivity index (χ4n) is 4.17. The average Bonchev–Trinajstić information content (AvgIpc) is 2.64. The zero-order valence-corrected chi connectivity index (χ0v) is 17.2. The summed E-state index contributed by atoms with van der Waals surface area (Å²) < 4.78 is 6.97. The molecule has 0 amide bonds. The summed E-state index contributed by atoms with van der Waals surface area (Å²) >= 11 is 0. The van der Waals surface area contributed by atoms with Crippen LogP contribution < -0.4 is 10.4 Å². The molecule has 1 aliphatic rings. The van der Waals surface area contributed by atoms with Crippen molar-refractivity contribution in [1.29, 1.82) is 0 Å². The lowest BCUT2D eigenvalue weighted by Crippen LogP contribution is -2.66. The SMILES string of the molecule is CC(C)(C)[Si](OCC1CCC(=O)CC1)(c1ccccc1)c1ccccc1. The maximum absolute atomic E-state index is 11.6. The molecule has 3 rings (SSSR count). The van der Waals surface area contributed by atoms with Gasteiger partial charge in [-0.25, -0.2) is 0 Å². The fourth-order valence-corrected chi connectivity index (χ4v) is 8.81. The van der Waals surface area contributed by atoms with E-state index in [-0.39, 0.29) is 5.04 Å². The van der Waals surface area contributed by atoms with Crippen molar-refractivity contribution in [3.05, 3.63) is 60.7 Å². The second kappa shape index (κ2) is 7.89. The van der Waals surface area contributed by atoms with E-state index < -0.39 is 8.32 Å². The van der Waals surface area contributed by atoms with Crippen molar-refractivity contribution < 1.29 is 9.22 Å². The number of hydrogen-bond acceptors (Lipinski definition) is 2. The predicted octanol–water partition coefficient (Wildman–Crippen LogP) is 4.32. The molecule has 2 aromatic carbocycles. The second-order valence-corrected chi connectivity index (χ2v) is 12.8. The van der Waals surface area contributed by atoms with Crippen LogP contribution in [-0.4, -0.2) is 20.7 Å². The molecule has 0 saturated heterocycles. The van der Waals surface area contributed by atoms with Gasteiger partial charge in [0, 0.05) is 19.4 Å². The topological polar surface area (TPSA) is 26.3 Å². The van der Waals surface area contributed by atoms with Crippen LogP contribution in [0.25, 0.3) is 0 Å².